The maximum absolute atomic E-state index is 11.7. The molecule has 1 aliphatic heterocycles. The number of hydrogen-bond donors (Lipinski definition) is 1. The van der Waals surface area contributed by atoms with Gasteiger partial charge in [-0.15, -0.1) is 0 Å². The summed E-state index contributed by atoms with van der Waals surface area (Å²) in [5.74, 6) is -0.0458. The molecule has 1 fully saturated rings. The van der Waals surface area contributed by atoms with Gasteiger partial charge in [0.15, 0.2) is 5.69 Å². The average Bonchev–Trinajstić information content (AvgIpc) is 2.76. The predicted molar refractivity (Wildman–Crippen MR) is 66.1 cm³/mol. The van der Waals surface area contributed by atoms with Crippen molar-refractivity contribution in [3.05, 3.63) is 17.7 Å². The molecule has 0 aromatic carbocycles. The zero-order valence-electron chi connectivity index (χ0n) is 10.3. The van der Waals surface area contributed by atoms with Gasteiger partial charge in [0.2, 0.25) is 5.91 Å². The van der Waals surface area contributed by atoms with Crippen molar-refractivity contribution in [2.45, 2.75) is 32.6 Å². The standard InChI is InChI=1S/C12H16N4O2/c1-2-4-9-14-7-8(11(15-9)12(13)18)16-6-3-5-10(16)17/h7H,2-6H2,1H3,(H2,13,18). The minimum Gasteiger partial charge on any atom is -0.364 e. The number of rotatable bonds is 4. The number of hydrogen-bond acceptors (Lipinski definition) is 4. The molecule has 1 saturated heterocycles. The lowest BCUT2D eigenvalue weighted by atomic mass is 10.2. The minimum absolute atomic E-state index is 0.00987. The first-order valence-electron chi connectivity index (χ1n) is 6.09. The van der Waals surface area contributed by atoms with Crippen LogP contribution in [0.15, 0.2) is 6.20 Å². The molecule has 2 heterocycles. The molecule has 96 valence electrons. The number of primary amides is 1. The number of nitrogens with zero attached hydrogens (tertiary/aromatic N) is 3. The molecule has 0 saturated carbocycles. The summed E-state index contributed by atoms with van der Waals surface area (Å²) in [4.78, 5) is 33.0. The van der Waals surface area contributed by atoms with Gasteiger partial charge in [0.1, 0.15) is 5.82 Å². The highest BCUT2D eigenvalue weighted by Crippen LogP contribution is 2.23. The lowest BCUT2D eigenvalue weighted by molar-refractivity contribution is -0.117. The second-order valence-corrected chi connectivity index (χ2v) is 4.28. The Labute approximate surface area is 105 Å². The van der Waals surface area contributed by atoms with Crippen LogP contribution >= 0.6 is 0 Å². The van der Waals surface area contributed by atoms with E-state index in [0.717, 1.165) is 12.8 Å². The summed E-state index contributed by atoms with van der Waals surface area (Å²) in [5.41, 5.74) is 5.90. The molecule has 1 aliphatic rings. The third-order valence-corrected chi connectivity index (χ3v) is 2.89. The first-order valence-corrected chi connectivity index (χ1v) is 6.09. The molecule has 1 aromatic rings. The monoisotopic (exact) mass is 248 g/mol. The molecular weight excluding hydrogens is 232 g/mol. The summed E-state index contributed by atoms with van der Waals surface area (Å²) in [6, 6.07) is 0. The maximum Gasteiger partial charge on any atom is 0.269 e. The van der Waals surface area contributed by atoms with E-state index in [0.29, 0.717) is 30.9 Å². The number of aryl methyl sites for hydroxylation is 1. The largest absolute Gasteiger partial charge is 0.364 e. The van der Waals surface area contributed by atoms with Crippen LogP contribution in [0.25, 0.3) is 0 Å². The van der Waals surface area contributed by atoms with Crippen molar-refractivity contribution in [3.63, 3.8) is 0 Å². The number of amides is 2. The van der Waals surface area contributed by atoms with Gasteiger partial charge >= 0.3 is 0 Å². The highest BCUT2D eigenvalue weighted by Gasteiger charge is 2.26. The van der Waals surface area contributed by atoms with Crippen LogP contribution in [0.3, 0.4) is 0 Å². The summed E-state index contributed by atoms with van der Waals surface area (Å²) < 4.78 is 0. The summed E-state index contributed by atoms with van der Waals surface area (Å²) in [7, 11) is 0. The van der Waals surface area contributed by atoms with Crippen LogP contribution in [0.2, 0.25) is 0 Å². The van der Waals surface area contributed by atoms with Gasteiger partial charge in [-0.3, -0.25) is 9.59 Å². The van der Waals surface area contributed by atoms with Gasteiger partial charge in [0.05, 0.1) is 11.9 Å². The smallest absolute Gasteiger partial charge is 0.269 e. The van der Waals surface area contributed by atoms with Gasteiger partial charge in [-0.25, -0.2) is 9.97 Å². The fourth-order valence-electron chi connectivity index (χ4n) is 2.04. The number of carbonyl (C=O) groups is 2. The van der Waals surface area contributed by atoms with Gasteiger partial charge in [0.25, 0.3) is 5.91 Å². The Morgan fingerprint density at radius 2 is 2.33 bits per heavy atom. The van der Waals surface area contributed by atoms with E-state index in [1.807, 2.05) is 6.92 Å². The molecule has 0 aliphatic carbocycles. The van der Waals surface area contributed by atoms with Crippen LogP contribution in [-0.2, 0) is 11.2 Å². The summed E-state index contributed by atoms with van der Waals surface area (Å²) >= 11 is 0. The van der Waals surface area contributed by atoms with E-state index in [9.17, 15) is 9.59 Å². The molecule has 2 rings (SSSR count). The van der Waals surface area contributed by atoms with Crippen molar-refractivity contribution in [1.82, 2.24) is 9.97 Å². The third kappa shape index (κ3) is 2.32. The summed E-state index contributed by atoms with van der Waals surface area (Å²) in [6.45, 7) is 2.60. The molecule has 2 N–H and O–H groups in total. The first-order chi connectivity index (χ1) is 8.63. The molecule has 18 heavy (non-hydrogen) atoms. The molecule has 0 radical (unpaired) electrons. The first kappa shape index (κ1) is 12.5. The highest BCUT2D eigenvalue weighted by molar-refractivity contribution is 6.03. The van der Waals surface area contributed by atoms with E-state index in [4.69, 9.17) is 5.73 Å². The van der Waals surface area contributed by atoms with Crippen LogP contribution < -0.4 is 10.6 Å². The van der Waals surface area contributed by atoms with Crippen molar-refractivity contribution in [2.24, 2.45) is 5.73 Å². The zero-order valence-corrected chi connectivity index (χ0v) is 10.3. The van der Waals surface area contributed by atoms with Gasteiger partial charge in [0, 0.05) is 19.4 Å². The molecule has 0 atom stereocenters. The van der Waals surface area contributed by atoms with Gasteiger partial charge < -0.3 is 10.6 Å². The van der Waals surface area contributed by atoms with E-state index < -0.39 is 5.91 Å². The van der Waals surface area contributed by atoms with E-state index >= 15 is 0 Å². The van der Waals surface area contributed by atoms with Crippen LogP contribution in [0.5, 0.6) is 0 Å². The molecule has 6 nitrogen and oxygen atoms in total. The maximum atomic E-state index is 11.7. The fourth-order valence-corrected chi connectivity index (χ4v) is 2.04. The summed E-state index contributed by atoms with van der Waals surface area (Å²) in [5, 5.41) is 0. The Morgan fingerprint density at radius 3 is 2.89 bits per heavy atom. The number of carbonyl (C=O) groups excluding carboxylic acids is 2. The van der Waals surface area contributed by atoms with Crippen LogP contribution in [-0.4, -0.2) is 28.3 Å². The van der Waals surface area contributed by atoms with Gasteiger partial charge in [-0.1, -0.05) is 6.92 Å². The molecule has 0 bridgehead atoms. The van der Waals surface area contributed by atoms with E-state index in [-0.39, 0.29) is 11.6 Å². The Bertz CT molecular complexity index is 487. The zero-order chi connectivity index (χ0) is 13.1. The van der Waals surface area contributed by atoms with Crippen LogP contribution in [0, 0.1) is 0 Å². The van der Waals surface area contributed by atoms with Crippen LogP contribution in [0.4, 0.5) is 5.69 Å². The van der Waals surface area contributed by atoms with Crippen molar-refractivity contribution < 1.29 is 9.59 Å². The van der Waals surface area contributed by atoms with Crippen LogP contribution in [0.1, 0.15) is 42.5 Å². The second-order valence-electron chi connectivity index (χ2n) is 4.28. The fraction of sp³-hybridized carbons (Fsp3) is 0.500. The Hall–Kier alpha value is -1.98. The van der Waals surface area contributed by atoms with Gasteiger partial charge in [-0.2, -0.15) is 0 Å². The number of anilines is 1. The highest BCUT2D eigenvalue weighted by atomic mass is 16.2. The van der Waals surface area contributed by atoms with E-state index in [1.54, 1.807) is 0 Å². The SMILES string of the molecule is CCCc1ncc(N2CCCC2=O)c(C(N)=O)n1. The Morgan fingerprint density at radius 1 is 1.56 bits per heavy atom. The van der Waals surface area contributed by atoms with Crippen molar-refractivity contribution in [3.8, 4) is 0 Å². The molecule has 0 spiro atoms. The molecule has 1 aromatic heterocycles. The van der Waals surface area contributed by atoms with Crippen molar-refractivity contribution in [2.75, 3.05) is 11.4 Å². The van der Waals surface area contributed by atoms with Crippen molar-refractivity contribution in [1.29, 1.82) is 0 Å². The Balaban J connectivity index is 2.40. The summed E-state index contributed by atoms with van der Waals surface area (Å²) in [6.07, 6.45) is 4.39. The topological polar surface area (TPSA) is 89.2 Å². The lowest BCUT2D eigenvalue weighted by Crippen LogP contribution is -2.28. The third-order valence-electron chi connectivity index (χ3n) is 2.89. The molecule has 0 unspecified atom stereocenters. The van der Waals surface area contributed by atoms with E-state index in [2.05, 4.69) is 9.97 Å². The molecular formula is C12H16N4O2. The Kier molecular flexibility index (Phi) is 3.55. The average molecular weight is 248 g/mol. The van der Waals surface area contributed by atoms with Crippen molar-refractivity contribution >= 4 is 17.5 Å². The molecule has 6 heteroatoms. The quantitative estimate of drug-likeness (QED) is 0.847. The second kappa shape index (κ2) is 5.12. The number of nitrogens with two attached hydrogens (primary N) is 1. The number of aromatic nitrogens is 2. The predicted octanol–water partition coefficient (Wildman–Crippen LogP) is 0.655. The molecule has 2 amide bonds. The minimum atomic E-state index is -0.621. The lowest BCUT2D eigenvalue weighted by Gasteiger charge is -2.17. The van der Waals surface area contributed by atoms with Gasteiger partial charge in [-0.05, 0) is 12.8 Å². The van der Waals surface area contributed by atoms with E-state index in [1.165, 1.54) is 11.1 Å². The normalized spacial score (nSPS) is 15.2.